The summed E-state index contributed by atoms with van der Waals surface area (Å²) >= 11 is 0. The molecular weight excluding hydrogens is 338 g/mol. The van der Waals surface area contributed by atoms with Crippen LogP contribution in [0.15, 0.2) is 0 Å². The van der Waals surface area contributed by atoms with Crippen molar-refractivity contribution >= 4 is 0 Å². The van der Waals surface area contributed by atoms with E-state index in [1.807, 2.05) is 0 Å². The predicted molar refractivity (Wildman–Crippen MR) is 103 cm³/mol. The van der Waals surface area contributed by atoms with Gasteiger partial charge in [0.1, 0.15) is 0 Å². The van der Waals surface area contributed by atoms with Gasteiger partial charge in [0.2, 0.25) is 0 Å². The summed E-state index contributed by atoms with van der Waals surface area (Å²) in [6.07, 6.45) is 6.02. The molecule has 27 heavy (non-hydrogen) atoms. The lowest BCUT2D eigenvalue weighted by Gasteiger charge is -2.63. The Balaban J connectivity index is 1.67. The van der Waals surface area contributed by atoms with E-state index in [-0.39, 0.29) is 35.1 Å². The van der Waals surface area contributed by atoms with Crippen LogP contribution in [0.3, 0.4) is 0 Å². The second-order valence-electron chi connectivity index (χ2n) is 10.9. The largest absolute Gasteiger partial charge is 0.393 e. The molecule has 0 aromatic carbocycles. The lowest BCUT2D eigenvalue weighted by molar-refractivity contribution is -0.206. The molecule has 152 valence electrons. The van der Waals surface area contributed by atoms with Gasteiger partial charge in [-0.15, -0.1) is 0 Å². The van der Waals surface area contributed by atoms with Gasteiger partial charge in [0, 0.05) is 6.42 Å². The van der Waals surface area contributed by atoms with E-state index >= 15 is 0 Å². The zero-order valence-electron chi connectivity index (χ0n) is 17.1. The van der Waals surface area contributed by atoms with Gasteiger partial charge in [-0.25, -0.2) is 0 Å². The molecule has 0 aliphatic heterocycles. The van der Waals surface area contributed by atoms with Crippen LogP contribution in [0.4, 0.5) is 0 Å². The van der Waals surface area contributed by atoms with E-state index in [0.29, 0.717) is 36.0 Å². The Bertz CT molecular complexity index is 617. The van der Waals surface area contributed by atoms with Crippen molar-refractivity contribution in [2.75, 3.05) is 0 Å². The molecule has 0 saturated heterocycles. The molecule has 0 spiro atoms. The van der Waals surface area contributed by atoms with Crippen molar-refractivity contribution in [2.24, 2.45) is 46.3 Å². The fourth-order valence-electron chi connectivity index (χ4n) is 8.42. The van der Waals surface area contributed by atoms with Gasteiger partial charge in [0.15, 0.2) is 0 Å². The number of aliphatic hydroxyl groups excluding tert-OH is 3. The van der Waals surface area contributed by atoms with Gasteiger partial charge < -0.3 is 15.3 Å². The third-order valence-electron chi connectivity index (χ3n) is 9.93. The van der Waals surface area contributed by atoms with E-state index in [0.717, 1.165) is 44.9 Å². The van der Waals surface area contributed by atoms with Crippen molar-refractivity contribution in [3.63, 3.8) is 0 Å². The zero-order valence-corrected chi connectivity index (χ0v) is 17.1. The monoisotopic (exact) mass is 375 g/mol. The SMILES string of the molecule is CC(CC#N)C1CC[C@H]2[C@@H]3[C@H](O)C[C@@H]4C[C@H](O)CC[C@]4(C)[C@H]3C[C@H](O)[C@]12C. The topological polar surface area (TPSA) is 84.5 Å². The number of nitriles is 1. The van der Waals surface area contributed by atoms with E-state index < -0.39 is 0 Å². The first-order valence-corrected chi connectivity index (χ1v) is 11.1. The van der Waals surface area contributed by atoms with Crippen LogP contribution < -0.4 is 0 Å². The van der Waals surface area contributed by atoms with Crippen LogP contribution in [0.25, 0.3) is 0 Å². The average molecular weight is 376 g/mol. The summed E-state index contributed by atoms with van der Waals surface area (Å²) in [5, 5.41) is 42.0. The van der Waals surface area contributed by atoms with Crippen LogP contribution in [0.2, 0.25) is 0 Å². The van der Waals surface area contributed by atoms with Crippen molar-refractivity contribution in [3.05, 3.63) is 0 Å². The molecule has 3 N–H and O–H groups in total. The molecular formula is C23H37NO3. The third kappa shape index (κ3) is 2.72. The van der Waals surface area contributed by atoms with Crippen molar-refractivity contribution in [1.82, 2.24) is 0 Å². The summed E-state index contributed by atoms with van der Waals surface area (Å²) in [6.45, 7) is 6.78. The minimum absolute atomic E-state index is 0.127. The van der Waals surface area contributed by atoms with Gasteiger partial charge in [0.25, 0.3) is 0 Å². The van der Waals surface area contributed by atoms with E-state index in [1.54, 1.807) is 0 Å². The van der Waals surface area contributed by atoms with E-state index in [9.17, 15) is 20.6 Å². The lowest BCUT2D eigenvalue weighted by Crippen LogP contribution is -2.62. The van der Waals surface area contributed by atoms with E-state index in [1.165, 1.54) is 0 Å². The second kappa shape index (κ2) is 6.71. The Labute approximate surface area is 164 Å². The van der Waals surface area contributed by atoms with Gasteiger partial charge in [0.05, 0.1) is 24.4 Å². The Morgan fingerprint density at radius 1 is 1.04 bits per heavy atom. The molecule has 0 amide bonds. The summed E-state index contributed by atoms with van der Waals surface area (Å²) in [5.41, 5.74) is -0.0580. The molecule has 11 atom stereocenters. The molecule has 4 nitrogen and oxygen atoms in total. The van der Waals surface area contributed by atoms with Gasteiger partial charge in [-0.2, -0.15) is 5.26 Å². The summed E-state index contributed by atoms with van der Waals surface area (Å²) in [6, 6.07) is 2.33. The molecule has 0 heterocycles. The number of rotatable bonds is 2. The van der Waals surface area contributed by atoms with Crippen LogP contribution in [0.5, 0.6) is 0 Å². The molecule has 4 aliphatic carbocycles. The van der Waals surface area contributed by atoms with Crippen molar-refractivity contribution in [3.8, 4) is 6.07 Å². The lowest BCUT2D eigenvalue weighted by atomic mass is 9.43. The summed E-state index contributed by atoms with van der Waals surface area (Å²) in [5.74, 6) is 1.97. The first-order chi connectivity index (χ1) is 12.7. The summed E-state index contributed by atoms with van der Waals surface area (Å²) in [4.78, 5) is 0. The Morgan fingerprint density at radius 2 is 1.78 bits per heavy atom. The highest BCUT2D eigenvalue weighted by molar-refractivity contribution is 5.14. The highest BCUT2D eigenvalue weighted by Gasteiger charge is 2.65. The molecule has 0 aromatic heterocycles. The van der Waals surface area contributed by atoms with Gasteiger partial charge in [-0.05, 0) is 91.3 Å². The highest BCUT2D eigenvalue weighted by Crippen LogP contribution is 2.68. The molecule has 2 unspecified atom stereocenters. The van der Waals surface area contributed by atoms with Gasteiger partial charge >= 0.3 is 0 Å². The summed E-state index contributed by atoms with van der Waals surface area (Å²) < 4.78 is 0. The minimum Gasteiger partial charge on any atom is -0.393 e. The molecule has 0 bridgehead atoms. The predicted octanol–water partition coefficient (Wildman–Crippen LogP) is 3.50. The zero-order chi connectivity index (χ0) is 19.6. The molecule has 4 fully saturated rings. The standard InChI is InChI=1S/C23H37NO3/c1-13(7-9-24)16-4-5-17-21-18(12-20(27)23(16,17)3)22(2)8-6-15(25)10-14(22)11-19(21)26/h13-21,25-27H,4-8,10-12H2,1-3H3/t13?,14-,15+,16?,17-,18-,19+,20-,21-,22-,23+/m0/s1. The summed E-state index contributed by atoms with van der Waals surface area (Å²) in [7, 11) is 0. The van der Waals surface area contributed by atoms with Crippen LogP contribution in [0.1, 0.15) is 72.1 Å². The highest BCUT2D eigenvalue weighted by atomic mass is 16.3. The van der Waals surface area contributed by atoms with Gasteiger partial charge in [-0.1, -0.05) is 20.8 Å². The van der Waals surface area contributed by atoms with Crippen LogP contribution >= 0.6 is 0 Å². The van der Waals surface area contributed by atoms with Crippen LogP contribution in [-0.2, 0) is 0 Å². The van der Waals surface area contributed by atoms with Crippen molar-refractivity contribution in [2.45, 2.75) is 90.4 Å². The molecule has 0 radical (unpaired) electrons. The number of aliphatic hydroxyl groups is 3. The first kappa shape index (κ1) is 19.7. The quantitative estimate of drug-likeness (QED) is 0.690. The van der Waals surface area contributed by atoms with Crippen LogP contribution in [-0.4, -0.2) is 33.6 Å². The van der Waals surface area contributed by atoms with Gasteiger partial charge in [-0.3, -0.25) is 0 Å². The second-order valence-corrected chi connectivity index (χ2v) is 10.9. The van der Waals surface area contributed by atoms with Crippen LogP contribution in [0, 0.1) is 57.7 Å². The number of nitrogens with zero attached hydrogens (tertiary/aromatic N) is 1. The Hall–Kier alpha value is -0.630. The van der Waals surface area contributed by atoms with E-state index in [4.69, 9.17) is 0 Å². The fraction of sp³-hybridized carbons (Fsp3) is 0.957. The first-order valence-electron chi connectivity index (χ1n) is 11.1. The fourth-order valence-corrected chi connectivity index (χ4v) is 8.42. The third-order valence-corrected chi connectivity index (χ3v) is 9.93. The molecule has 0 aromatic rings. The molecule has 4 aliphatic rings. The average Bonchev–Trinajstić information content (AvgIpc) is 2.96. The normalized spacial score (nSPS) is 55.7. The molecule has 4 heteroatoms. The minimum atomic E-state index is -0.355. The smallest absolute Gasteiger partial charge is 0.0624 e. The number of hydrogen-bond acceptors (Lipinski definition) is 4. The Morgan fingerprint density at radius 3 is 2.48 bits per heavy atom. The maximum absolute atomic E-state index is 11.4. The maximum Gasteiger partial charge on any atom is 0.0624 e. The van der Waals surface area contributed by atoms with Crippen molar-refractivity contribution in [1.29, 1.82) is 5.26 Å². The van der Waals surface area contributed by atoms with E-state index in [2.05, 4.69) is 26.8 Å². The molecule has 4 rings (SSSR count). The number of fused-ring (bicyclic) bond motifs is 5. The maximum atomic E-state index is 11.4. The Kier molecular flexibility index (Phi) is 4.89. The number of hydrogen-bond donors (Lipinski definition) is 3. The van der Waals surface area contributed by atoms with Crippen molar-refractivity contribution < 1.29 is 15.3 Å². The molecule has 4 saturated carbocycles.